The van der Waals surface area contributed by atoms with Crippen LogP contribution in [0.3, 0.4) is 0 Å². The topological polar surface area (TPSA) is 58.6 Å². The molecule has 1 saturated heterocycles. The Bertz CT molecular complexity index is 265. The Hall–Kier alpha value is -0.810. The SMILES string of the molecule is COCCC(=O)NC1CCN(C(=O)CCl)CC1. The van der Waals surface area contributed by atoms with E-state index in [1.165, 1.54) is 0 Å². The van der Waals surface area contributed by atoms with Gasteiger partial charge in [-0.1, -0.05) is 0 Å². The molecule has 0 aromatic heterocycles. The van der Waals surface area contributed by atoms with Crippen molar-refractivity contribution in [3.63, 3.8) is 0 Å². The third kappa shape index (κ3) is 4.91. The van der Waals surface area contributed by atoms with Crippen LogP contribution in [0, 0.1) is 0 Å². The van der Waals surface area contributed by atoms with Crippen molar-refractivity contribution in [2.24, 2.45) is 0 Å². The van der Waals surface area contributed by atoms with Crippen LogP contribution in [0.25, 0.3) is 0 Å². The summed E-state index contributed by atoms with van der Waals surface area (Å²) < 4.78 is 4.84. The monoisotopic (exact) mass is 262 g/mol. The second-order valence-corrected chi connectivity index (χ2v) is 4.37. The average Bonchev–Trinajstić information content (AvgIpc) is 2.36. The Labute approximate surface area is 106 Å². The van der Waals surface area contributed by atoms with Gasteiger partial charge in [0.25, 0.3) is 0 Å². The molecule has 0 spiro atoms. The number of halogens is 1. The van der Waals surface area contributed by atoms with Crippen molar-refractivity contribution in [2.75, 3.05) is 32.7 Å². The summed E-state index contributed by atoms with van der Waals surface area (Å²) in [6.07, 6.45) is 1.97. The number of alkyl halides is 1. The van der Waals surface area contributed by atoms with E-state index in [0.29, 0.717) is 26.1 Å². The number of hydrogen-bond donors (Lipinski definition) is 1. The summed E-state index contributed by atoms with van der Waals surface area (Å²) in [5.74, 6) is 0.00927. The van der Waals surface area contributed by atoms with Gasteiger partial charge in [0.2, 0.25) is 11.8 Å². The van der Waals surface area contributed by atoms with Crippen LogP contribution in [-0.4, -0.2) is 55.4 Å². The van der Waals surface area contributed by atoms with E-state index < -0.39 is 0 Å². The maximum absolute atomic E-state index is 11.4. The minimum atomic E-state index is -0.0316. The fourth-order valence-electron chi connectivity index (χ4n) is 1.85. The van der Waals surface area contributed by atoms with Crippen LogP contribution >= 0.6 is 11.6 Å². The van der Waals surface area contributed by atoms with Crippen molar-refractivity contribution < 1.29 is 14.3 Å². The maximum Gasteiger partial charge on any atom is 0.237 e. The van der Waals surface area contributed by atoms with Crippen molar-refractivity contribution in [3.05, 3.63) is 0 Å². The molecule has 0 aromatic rings. The van der Waals surface area contributed by atoms with Gasteiger partial charge in [0.05, 0.1) is 6.61 Å². The van der Waals surface area contributed by atoms with E-state index in [-0.39, 0.29) is 23.7 Å². The highest BCUT2D eigenvalue weighted by Gasteiger charge is 2.22. The number of nitrogens with zero attached hydrogens (tertiary/aromatic N) is 1. The van der Waals surface area contributed by atoms with Crippen LogP contribution in [0.5, 0.6) is 0 Å². The molecule has 0 bridgehead atoms. The van der Waals surface area contributed by atoms with Crippen LogP contribution in [0.2, 0.25) is 0 Å². The molecule has 0 aromatic carbocycles. The molecular formula is C11H19ClN2O3. The second-order valence-electron chi connectivity index (χ2n) is 4.10. The van der Waals surface area contributed by atoms with Crippen LogP contribution in [-0.2, 0) is 14.3 Å². The number of carbonyl (C=O) groups excluding carboxylic acids is 2. The average molecular weight is 263 g/mol. The summed E-state index contributed by atoms with van der Waals surface area (Å²) in [7, 11) is 1.57. The van der Waals surface area contributed by atoms with E-state index in [1.807, 2.05) is 0 Å². The first kappa shape index (κ1) is 14.3. The van der Waals surface area contributed by atoms with Crippen LogP contribution < -0.4 is 5.32 Å². The Morgan fingerprint density at radius 1 is 1.41 bits per heavy atom. The van der Waals surface area contributed by atoms with Gasteiger partial charge in [0, 0.05) is 32.7 Å². The molecule has 98 valence electrons. The highest BCUT2D eigenvalue weighted by Crippen LogP contribution is 2.11. The summed E-state index contributed by atoms with van der Waals surface area (Å²) in [4.78, 5) is 24.5. The molecule has 1 fully saturated rings. The minimum Gasteiger partial charge on any atom is -0.384 e. The lowest BCUT2D eigenvalue weighted by Gasteiger charge is -2.32. The predicted molar refractivity (Wildman–Crippen MR) is 65.0 cm³/mol. The number of piperidine rings is 1. The van der Waals surface area contributed by atoms with Gasteiger partial charge in [-0.2, -0.15) is 0 Å². The lowest BCUT2D eigenvalue weighted by molar-refractivity contribution is -0.129. The lowest BCUT2D eigenvalue weighted by Crippen LogP contribution is -2.47. The molecule has 0 aliphatic carbocycles. The van der Waals surface area contributed by atoms with Gasteiger partial charge >= 0.3 is 0 Å². The molecule has 1 aliphatic rings. The molecule has 6 heteroatoms. The quantitative estimate of drug-likeness (QED) is 0.729. The number of ether oxygens (including phenoxy) is 1. The number of rotatable bonds is 5. The smallest absolute Gasteiger partial charge is 0.237 e. The van der Waals surface area contributed by atoms with Gasteiger partial charge in [0.1, 0.15) is 5.88 Å². The van der Waals surface area contributed by atoms with Crippen LogP contribution in [0.4, 0.5) is 0 Å². The molecular weight excluding hydrogens is 244 g/mol. The van der Waals surface area contributed by atoms with Gasteiger partial charge in [-0.15, -0.1) is 11.6 Å². The Morgan fingerprint density at radius 2 is 2.06 bits per heavy atom. The molecule has 0 radical (unpaired) electrons. The van der Waals surface area contributed by atoms with Crippen LogP contribution in [0.15, 0.2) is 0 Å². The van der Waals surface area contributed by atoms with E-state index in [9.17, 15) is 9.59 Å². The second kappa shape index (κ2) is 7.50. The van der Waals surface area contributed by atoms with E-state index in [2.05, 4.69) is 5.32 Å². The number of carbonyl (C=O) groups is 2. The van der Waals surface area contributed by atoms with Gasteiger partial charge in [-0.3, -0.25) is 9.59 Å². The summed E-state index contributed by atoms with van der Waals surface area (Å²) in [6, 6.07) is 0.165. The van der Waals surface area contributed by atoms with E-state index in [0.717, 1.165) is 12.8 Å². The van der Waals surface area contributed by atoms with Gasteiger partial charge in [0.15, 0.2) is 0 Å². The number of amides is 2. The first-order chi connectivity index (χ1) is 8.17. The maximum atomic E-state index is 11.4. The van der Waals surface area contributed by atoms with Crippen molar-refractivity contribution >= 4 is 23.4 Å². The van der Waals surface area contributed by atoms with E-state index in [1.54, 1.807) is 12.0 Å². The molecule has 1 heterocycles. The predicted octanol–water partition coefficient (Wildman–Crippen LogP) is 0.369. The first-order valence-corrected chi connectivity index (χ1v) is 6.33. The molecule has 17 heavy (non-hydrogen) atoms. The first-order valence-electron chi connectivity index (χ1n) is 5.79. The van der Waals surface area contributed by atoms with Crippen molar-refractivity contribution in [1.29, 1.82) is 0 Å². The van der Waals surface area contributed by atoms with Gasteiger partial charge in [-0.05, 0) is 12.8 Å². The summed E-state index contributed by atoms with van der Waals surface area (Å²) >= 11 is 5.49. The number of nitrogens with one attached hydrogen (secondary N) is 1. The van der Waals surface area contributed by atoms with Crippen molar-refractivity contribution in [1.82, 2.24) is 10.2 Å². The molecule has 0 atom stereocenters. The number of hydrogen-bond acceptors (Lipinski definition) is 3. The standard InChI is InChI=1S/C11H19ClN2O3/c1-17-7-4-10(15)13-9-2-5-14(6-3-9)11(16)8-12/h9H,2-8H2,1H3,(H,13,15). The van der Waals surface area contributed by atoms with Crippen LogP contribution in [0.1, 0.15) is 19.3 Å². The summed E-state index contributed by atoms with van der Waals surface area (Å²) in [6.45, 7) is 1.77. The Kier molecular flexibility index (Phi) is 6.29. The molecule has 5 nitrogen and oxygen atoms in total. The minimum absolute atomic E-state index is 0.00831. The molecule has 1 aliphatic heterocycles. The zero-order chi connectivity index (χ0) is 12.7. The lowest BCUT2D eigenvalue weighted by atomic mass is 10.0. The summed E-state index contributed by atoms with van der Waals surface area (Å²) in [5, 5.41) is 2.94. The fourth-order valence-corrected chi connectivity index (χ4v) is 2.02. The van der Waals surface area contributed by atoms with E-state index >= 15 is 0 Å². The van der Waals surface area contributed by atoms with Crippen molar-refractivity contribution in [3.8, 4) is 0 Å². The molecule has 1 rings (SSSR count). The largest absolute Gasteiger partial charge is 0.384 e. The third-order valence-corrected chi connectivity index (χ3v) is 3.09. The number of methoxy groups -OCH3 is 1. The summed E-state index contributed by atoms with van der Waals surface area (Å²) in [5.41, 5.74) is 0. The molecule has 0 saturated carbocycles. The van der Waals surface area contributed by atoms with Gasteiger partial charge in [-0.25, -0.2) is 0 Å². The number of likely N-dealkylation sites (tertiary alicyclic amines) is 1. The normalized spacial score (nSPS) is 16.9. The molecule has 2 amide bonds. The fraction of sp³-hybridized carbons (Fsp3) is 0.818. The molecule has 0 unspecified atom stereocenters. The third-order valence-electron chi connectivity index (χ3n) is 2.86. The Balaban J connectivity index is 2.23. The highest BCUT2D eigenvalue weighted by molar-refractivity contribution is 6.27. The van der Waals surface area contributed by atoms with E-state index in [4.69, 9.17) is 16.3 Å². The van der Waals surface area contributed by atoms with Crippen molar-refractivity contribution in [2.45, 2.75) is 25.3 Å². The Morgan fingerprint density at radius 3 is 2.59 bits per heavy atom. The zero-order valence-corrected chi connectivity index (χ0v) is 10.8. The molecule has 1 N–H and O–H groups in total. The van der Waals surface area contributed by atoms with Gasteiger partial charge < -0.3 is 15.0 Å². The highest BCUT2D eigenvalue weighted by atomic mass is 35.5. The zero-order valence-electron chi connectivity index (χ0n) is 10.1.